The molecule has 0 saturated heterocycles. The molecule has 1 rings (SSSR count). The fourth-order valence-electron chi connectivity index (χ4n) is 2.18. The van der Waals surface area contributed by atoms with Crippen molar-refractivity contribution < 1.29 is 0 Å². The van der Waals surface area contributed by atoms with Gasteiger partial charge in [-0.25, -0.2) is 0 Å². The van der Waals surface area contributed by atoms with Gasteiger partial charge >= 0.3 is 0 Å². The van der Waals surface area contributed by atoms with Crippen molar-refractivity contribution in [2.45, 2.75) is 45.8 Å². The normalized spacial score (nSPS) is 11.4. The Hall–Kier alpha value is -0.860. The number of nitrogens with zero attached hydrogens (tertiary/aromatic N) is 1. The van der Waals surface area contributed by atoms with E-state index in [2.05, 4.69) is 50.1 Å². The third-order valence-corrected chi connectivity index (χ3v) is 3.22. The molecule has 0 heterocycles. The summed E-state index contributed by atoms with van der Waals surface area (Å²) in [4.78, 5) is 2.43. The predicted octanol–water partition coefficient (Wildman–Crippen LogP) is 2.77. The van der Waals surface area contributed by atoms with E-state index < -0.39 is 0 Å². The molecule has 0 aliphatic heterocycles. The summed E-state index contributed by atoms with van der Waals surface area (Å²) in [6.45, 7) is 6.14. The quantitative estimate of drug-likeness (QED) is 0.798. The smallest absolute Gasteiger partial charge is 0.0233 e. The third-order valence-electron chi connectivity index (χ3n) is 3.22. The molecule has 0 aromatic heterocycles. The molecule has 0 aliphatic rings. The van der Waals surface area contributed by atoms with Crippen LogP contribution in [0.25, 0.3) is 0 Å². The van der Waals surface area contributed by atoms with Crippen molar-refractivity contribution in [2.24, 2.45) is 5.73 Å². The molecule has 16 heavy (non-hydrogen) atoms. The molecule has 2 N–H and O–H groups in total. The highest BCUT2D eigenvalue weighted by molar-refractivity contribution is 5.23. The molecule has 90 valence electrons. The third kappa shape index (κ3) is 3.62. The first-order valence-corrected chi connectivity index (χ1v) is 6.19. The van der Waals surface area contributed by atoms with E-state index in [1.165, 1.54) is 24.0 Å². The van der Waals surface area contributed by atoms with Crippen molar-refractivity contribution in [3.63, 3.8) is 0 Å². The first-order valence-electron chi connectivity index (χ1n) is 6.19. The summed E-state index contributed by atoms with van der Waals surface area (Å²) in [6, 6.07) is 9.25. The molecular weight excluding hydrogens is 196 g/mol. The average molecular weight is 220 g/mol. The molecule has 1 aromatic carbocycles. The number of hydrogen-bond donors (Lipinski definition) is 1. The van der Waals surface area contributed by atoms with Crippen molar-refractivity contribution >= 4 is 0 Å². The Morgan fingerprint density at radius 2 is 1.81 bits per heavy atom. The minimum Gasteiger partial charge on any atom is -0.326 e. The lowest BCUT2D eigenvalue weighted by atomic mass is 10.1. The summed E-state index contributed by atoms with van der Waals surface area (Å²) in [5, 5.41) is 0. The molecular formula is C14H24N2. The van der Waals surface area contributed by atoms with E-state index in [0.29, 0.717) is 12.6 Å². The van der Waals surface area contributed by atoms with Gasteiger partial charge in [-0.05, 0) is 31.0 Å². The second kappa shape index (κ2) is 6.66. The van der Waals surface area contributed by atoms with Crippen LogP contribution in [0.4, 0.5) is 0 Å². The maximum Gasteiger partial charge on any atom is 0.0233 e. The maximum atomic E-state index is 5.65. The van der Waals surface area contributed by atoms with Crippen LogP contribution in [0, 0.1) is 0 Å². The van der Waals surface area contributed by atoms with Gasteiger partial charge < -0.3 is 5.73 Å². The van der Waals surface area contributed by atoms with Gasteiger partial charge in [0.1, 0.15) is 0 Å². The van der Waals surface area contributed by atoms with Crippen LogP contribution in [-0.2, 0) is 13.1 Å². The monoisotopic (exact) mass is 220 g/mol. The number of hydrogen-bond acceptors (Lipinski definition) is 2. The summed E-state index contributed by atoms with van der Waals surface area (Å²) < 4.78 is 0. The van der Waals surface area contributed by atoms with E-state index in [1.54, 1.807) is 0 Å². The Morgan fingerprint density at radius 3 is 2.38 bits per heavy atom. The lowest BCUT2D eigenvalue weighted by Crippen LogP contribution is -2.30. The summed E-state index contributed by atoms with van der Waals surface area (Å²) in [5.74, 6) is 0. The fourth-order valence-corrected chi connectivity index (χ4v) is 2.18. The molecule has 0 atom stereocenters. The van der Waals surface area contributed by atoms with Gasteiger partial charge in [0.15, 0.2) is 0 Å². The van der Waals surface area contributed by atoms with Gasteiger partial charge in [-0.3, -0.25) is 4.90 Å². The van der Waals surface area contributed by atoms with Crippen molar-refractivity contribution in [3.8, 4) is 0 Å². The van der Waals surface area contributed by atoms with E-state index in [0.717, 1.165) is 6.54 Å². The van der Waals surface area contributed by atoms with Crippen molar-refractivity contribution in [1.82, 2.24) is 4.90 Å². The Labute approximate surface area is 99.5 Å². The Bertz CT molecular complexity index is 305. The summed E-state index contributed by atoms with van der Waals surface area (Å²) in [5.41, 5.74) is 8.22. The second-order valence-electron chi connectivity index (χ2n) is 4.41. The molecule has 2 heteroatoms. The Kier molecular flexibility index (Phi) is 5.50. The van der Waals surface area contributed by atoms with Gasteiger partial charge in [-0.1, -0.05) is 38.1 Å². The van der Waals surface area contributed by atoms with Crippen LogP contribution in [0.2, 0.25) is 0 Å². The van der Waals surface area contributed by atoms with Crippen LogP contribution in [-0.4, -0.2) is 18.0 Å². The largest absolute Gasteiger partial charge is 0.326 e. The van der Waals surface area contributed by atoms with E-state index in [1.807, 2.05) is 0 Å². The lowest BCUT2D eigenvalue weighted by molar-refractivity contribution is 0.221. The summed E-state index contributed by atoms with van der Waals surface area (Å²) in [6.07, 6.45) is 2.42. The second-order valence-corrected chi connectivity index (χ2v) is 4.41. The SMILES string of the molecule is CCC(CC)N(C)Cc1cccc(CN)c1. The van der Waals surface area contributed by atoms with Crippen molar-refractivity contribution in [1.29, 1.82) is 0 Å². The van der Waals surface area contributed by atoms with Crippen molar-refractivity contribution in [2.75, 3.05) is 7.05 Å². The molecule has 0 spiro atoms. The van der Waals surface area contributed by atoms with Gasteiger partial charge in [-0.15, -0.1) is 0 Å². The van der Waals surface area contributed by atoms with Crippen LogP contribution in [0.5, 0.6) is 0 Å². The first-order chi connectivity index (χ1) is 7.71. The highest BCUT2D eigenvalue weighted by atomic mass is 15.1. The first kappa shape index (κ1) is 13.2. The zero-order chi connectivity index (χ0) is 12.0. The zero-order valence-electron chi connectivity index (χ0n) is 10.7. The van der Waals surface area contributed by atoms with Gasteiger partial charge in [0.05, 0.1) is 0 Å². The van der Waals surface area contributed by atoms with Crippen LogP contribution in [0.1, 0.15) is 37.8 Å². The van der Waals surface area contributed by atoms with Crippen molar-refractivity contribution in [3.05, 3.63) is 35.4 Å². The average Bonchev–Trinajstić information content (AvgIpc) is 2.31. The fraction of sp³-hybridized carbons (Fsp3) is 0.571. The van der Waals surface area contributed by atoms with Crippen LogP contribution < -0.4 is 5.73 Å². The highest BCUT2D eigenvalue weighted by Crippen LogP contribution is 2.12. The summed E-state index contributed by atoms with van der Waals surface area (Å²) >= 11 is 0. The minimum absolute atomic E-state index is 0.628. The van der Waals surface area contributed by atoms with E-state index >= 15 is 0 Å². The highest BCUT2D eigenvalue weighted by Gasteiger charge is 2.10. The number of nitrogens with two attached hydrogens (primary N) is 1. The standard InChI is InChI=1S/C14H24N2/c1-4-14(5-2)16(3)11-13-8-6-7-12(9-13)10-15/h6-9,14H,4-5,10-11,15H2,1-3H3. The van der Waals surface area contributed by atoms with Gasteiger partial charge in [-0.2, -0.15) is 0 Å². The van der Waals surface area contributed by atoms with Crippen LogP contribution in [0.15, 0.2) is 24.3 Å². The molecule has 0 fully saturated rings. The van der Waals surface area contributed by atoms with Gasteiger partial charge in [0, 0.05) is 19.1 Å². The predicted molar refractivity (Wildman–Crippen MR) is 70.2 cm³/mol. The molecule has 1 aromatic rings. The Morgan fingerprint density at radius 1 is 1.19 bits per heavy atom. The van der Waals surface area contributed by atoms with E-state index in [4.69, 9.17) is 5.73 Å². The van der Waals surface area contributed by atoms with E-state index in [9.17, 15) is 0 Å². The van der Waals surface area contributed by atoms with Gasteiger partial charge in [0.25, 0.3) is 0 Å². The van der Waals surface area contributed by atoms with Crippen LogP contribution in [0.3, 0.4) is 0 Å². The van der Waals surface area contributed by atoms with Crippen LogP contribution >= 0.6 is 0 Å². The molecule has 0 amide bonds. The number of rotatable bonds is 6. The minimum atomic E-state index is 0.628. The molecule has 0 saturated carbocycles. The molecule has 0 aliphatic carbocycles. The maximum absolute atomic E-state index is 5.65. The molecule has 0 radical (unpaired) electrons. The summed E-state index contributed by atoms with van der Waals surface area (Å²) in [7, 11) is 2.20. The van der Waals surface area contributed by atoms with Gasteiger partial charge in [0.2, 0.25) is 0 Å². The molecule has 0 unspecified atom stereocenters. The zero-order valence-corrected chi connectivity index (χ0v) is 10.7. The lowest BCUT2D eigenvalue weighted by Gasteiger charge is -2.26. The van der Waals surface area contributed by atoms with E-state index in [-0.39, 0.29) is 0 Å². The number of benzene rings is 1. The molecule has 0 bridgehead atoms. The molecule has 2 nitrogen and oxygen atoms in total. The Balaban J connectivity index is 2.64. The topological polar surface area (TPSA) is 29.3 Å².